The van der Waals surface area contributed by atoms with Crippen LogP contribution < -0.4 is 29.6 Å². The van der Waals surface area contributed by atoms with Gasteiger partial charge in [-0.1, -0.05) is 60.4 Å². The number of methoxy groups -OCH3 is 4. The predicted molar refractivity (Wildman–Crippen MR) is 241 cm³/mol. The van der Waals surface area contributed by atoms with Crippen molar-refractivity contribution in [3.63, 3.8) is 0 Å². The topological polar surface area (TPSA) is 129 Å². The van der Waals surface area contributed by atoms with Crippen LogP contribution in [0.2, 0.25) is 0 Å². The average molecular weight is 825 g/mol. The fourth-order valence-corrected chi connectivity index (χ4v) is 7.74. The van der Waals surface area contributed by atoms with Crippen LogP contribution >= 0.6 is 0 Å². The van der Waals surface area contributed by atoms with Crippen molar-refractivity contribution in [2.45, 2.75) is 10.8 Å². The van der Waals surface area contributed by atoms with Gasteiger partial charge in [0.2, 0.25) is 0 Å². The maximum atomic E-state index is 12.5. The zero-order valence-corrected chi connectivity index (χ0v) is 35.1. The second-order valence-corrected chi connectivity index (χ2v) is 14.0. The van der Waals surface area contributed by atoms with Gasteiger partial charge in [-0.15, -0.1) is 0 Å². The molecule has 0 saturated carbocycles. The quantitative estimate of drug-likeness (QED) is 0.0558. The molecule has 10 heteroatoms. The van der Waals surface area contributed by atoms with E-state index in [0.29, 0.717) is 81.5 Å². The van der Waals surface area contributed by atoms with Gasteiger partial charge in [-0.05, 0) is 118 Å². The van der Waals surface area contributed by atoms with Crippen LogP contribution in [0.3, 0.4) is 0 Å². The van der Waals surface area contributed by atoms with Crippen LogP contribution in [-0.2, 0) is 10.8 Å². The summed E-state index contributed by atoms with van der Waals surface area (Å²) in [5.74, 6) is 14.9. The van der Waals surface area contributed by atoms with E-state index in [0.717, 1.165) is 11.4 Å². The van der Waals surface area contributed by atoms with Gasteiger partial charge in [-0.25, -0.2) is 0 Å². The van der Waals surface area contributed by atoms with Gasteiger partial charge < -0.3 is 29.6 Å². The first-order valence-electron chi connectivity index (χ1n) is 19.4. The van der Waals surface area contributed by atoms with E-state index in [9.17, 15) is 19.2 Å². The molecule has 0 aliphatic carbocycles. The third kappa shape index (κ3) is 8.10. The molecule has 0 spiro atoms. The minimum absolute atomic E-state index is 0.288. The van der Waals surface area contributed by atoms with Crippen molar-refractivity contribution in [2.24, 2.45) is 0 Å². The normalized spacial score (nSPS) is 10.7. The highest BCUT2D eigenvalue weighted by Crippen LogP contribution is 2.44. The first-order chi connectivity index (χ1) is 30.2. The summed E-state index contributed by atoms with van der Waals surface area (Å²) in [7, 11) is 9.56. The van der Waals surface area contributed by atoms with Gasteiger partial charge in [0.25, 0.3) is 0 Å². The van der Waals surface area contributed by atoms with Crippen LogP contribution in [0.5, 0.6) is 23.0 Å². The SMILES string of the molecule is CNc1cccc(C(C#CC#CC(c2cccc(NC)c2)(c2ccc(OC)c(C=O)c2)c2ccc(OC)c(C=O)c2)(c2ccc(OC)c(C=O)c2)c2ccc(OC)c(C=O)c2)c1. The van der Waals surface area contributed by atoms with Gasteiger partial charge in [-0.2, -0.15) is 0 Å². The molecule has 0 fully saturated rings. The Bertz CT molecular complexity index is 2480. The Morgan fingerprint density at radius 3 is 0.919 bits per heavy atom. The number of ether oxygens (including phenoxy) is 4. The average Bonchev–Trinajstić information content (AvgIpc) is 3.34. The third-order valence-corrected chi connectivity index (χ3v) is 10.9. The van der Waals surface area contributed by atoms with E-state index in [1.165, 1.54) is 28.4 Å². The van der Waals surface area contributed by atoms with Crippen molar-refractivity contribution in [2.75, 3.05) is 53.2 Å². The molecule has 62 heavy (non-hydrogen) atoms. The third-order valence-electron chi connectivity index (χ3n) is 10.9. The molecule has 0 saturated heterocycles. The molecular weight excluding hydrogens is 781 g/mol. The van der Waals surface area contributed by atoms with Gasteiger partial charge in [0.1, 0.15) is 33.8 Å². The molecule has 0 aromatic heterocycles. The lowest BCUT2D eigenvalue weighted by atomic mass is 9.68. The fourth-order valence-electron chi connectivity index (χ4n) is 7.74. The number of rotatable bonds is 16. The summed E-state index contributed by atoms with van der Waals surface area (Å²) in [6.07, 6.45) is 2.86. The number of benzene rings is 6. The van der Waals surface area contributed by atoms with Gasteiger partial charge >= 0.3 is 0 Å². The Balaban J connectivity index is 1.78. The van der Waals surface area contributed by atoms with Gasteiger partial charge in [-0.3, -0.25) is 19.2 Å². The highest BCUT2D eigenvalue weighted by atomic mass is 16.5. The number of hydrogen-bond donors (Lipinski definition) is 2. The Hall–Kier alpha value is -8.08. The smallest absolute Gasteiger partial charge is 0.153 e. The largest absolute Gasteiger partial charge is 0.496 e. The van der Waals surface area contributed by atoms with Crippen molar-refractivity contribution in [1.82, 2.24) is 0 Å². The first-order valence-corrected chi connectivity index (χ1v) is 19.4. The minimum Gasteiger partial charge on any atom is -0.496 e. The summed E-state index contributed by atoms with van der Waals surface area (Å²) in [5, 5.41) is 6.42. The van der Waals surface area contributed by atoms with E-state index in [1.807, 2.05) is 72.8 Å². The standard InChI is InChI=1S/C52H44N2O8/c1-53-45-13-9-11-39(29-45)51(41-15-19-47(59-3)35(25-41)31-55,42-16-20-48(60-4)36(26-42)32-56)23-7-8-24-52(40-12-10-14-46(30-40)54-2,43-17-21-49(61-5)37(27-43)33-57)44-18-22-50(62-6)38(28-44)34-58/h9-22,25-34,53-54H,1-6H3. The second kappa shape index (κ2) is 19.3. The molecule has 0 amide bonds. The molecule has 310 valence electrons. The predicted octanol–water partition coefficient (Wildman–Crippen LogP) is 8.43. The first kappa shape index (κ1) is 43.5. The number of nitrogens with one attached hydrogen (secondary N) is 2. The molecule has 0 bridgehead atoms. The highest BCUT2D eigenvalue weighted by Gasteiger charge is 2.38. The molecule has 6 aromatic carbocycles. The summed E-state index contributed by atoms with van der Waals surface area (Å²) in [5.41, 5.74) is 3.77. The van der Waals surface area contributed by atoms with Crippen molar-refractivity contribution in [1.29, 1.82) is 0 Å². The van der Waals surface area contributed by atoms with Crippen molar-refractivity contribution >= 4 is 36.5 Å². The Kier molecular flexibility index (Phi) is 13.6. The van der Waals surface area contributed by atoms with Crippen molar-refractivity contribution in [3.05, 3.63) is 177 Å². The van der Waals surface area contributed by atoms with Gasteiger partial charge in [0.05, 0.1) is 50.7 Å². The van der Waals surface area contributed by atoms with E-state index in [2.05, 4.69) is 34.3 Å². The second-order valence-electron chi connectivity index (χ2n) is 14.0. The molecule has 0 aliphatic rings. The lowest BCUT2D eigenvalue weighted by Gasteiger charge is -2.32. The van der Waals surface area contributed by atoms with Crippen LogP contribution in [0.25, 0.3) is 0 Å². The molecule has 6 aromatic rings. The minimum atomic E-state index is -1.36. The molecule has 0 unspecified atom stereocenters. The number of aldehydes is 4. The number of carbonyl (C=O) groups is 4. The maximum absolute atomic E-state index is 12.5. The Morgan fingerprint density at radius 1 is 0.403 bits per heavy atom. The summed E-state index contributed by atoms with van der Waals surface area (Å²) in [6, 6.07) is 36.3. The lowest BCUT2D eigenvalue weighted by molar-refractivity contribution is 0.111. The molecule has 2 N–H and O–H groups in total. The lowest BCUT2D eigenvalue weighted by Crippen LogP contribution is -2.29. The van der Waals surface area contributed by atoms with E-state index in [4.69, 9.17) is 18.9 Å². The molecule has 10 nitrogen and oxygen atoms in total. The summed E-state index contributed by atoms with van der Waals surface area (Å²) >= 11 is 0. The van der Waals surface area contributed by atoms with E-state index in [1.54, 1.807) is 62.6 Å². The van der Waals surface area contributed by atoms with Crippen molar-refractivity contribution in [3.8, 4) is 46.7 Å². The molecule has 0 heterocycles. The molecule has 6 rings (SSSR count). The van der Waals surface area contributed by atoms with Gasteiger partial charge in [0, 0.05) is 25.5 Å². The molecule has 0 radical (unpaired) electrons. The highest BCUT2D eigenvalue weighted by molar-refractivity contribution is 5.84. The number of carbonyl (C=O) groups excluding carboxylic acids is 4. The molecular formula is C52H44N2O8. The number of hydrogen-bond acceptors (Lipinski definition) is 10. The maximum Gasteiger partial charge on any atom is 0.153 e. The molecule has 0 atom stereocenters. The van der Waals surface area contributed by atoms with E-state index >= 15 is 0 Å². The zero-order valence-electron chi connectivity index (χ0n) is 35.1. The molecule has 0 aliphatic heterocycles. The van der Waals surface area contributed by atoms with Crippen LogP contribution in [0.1, 0.15) is 74.8 Å². The van der Waals surface area contributed by atoms with Crippen molar-refractivity contribution < 1.29 is 38.1 Å². The summed E-state index contributed by atoms with van der Waals surface area (Å²) < 4.78 is 22.1. The fraction of sp³-hybridized carbons (Fsp3) is 0.154. The monoisotopic (exact) mass is 824 g/mol. The summed E-state index contributed by atoms with van der Waals surface area (Å²) in [6.45, 7) is 0. The Labute approximate surface area is 361 Å². The zero-order chi connectivity index (χ0) is 44.3. The Morgan fingerprint density at radius 2 is 0.677 bits per heavy atom. The van der Waals surface area contributed by atoms with Gasteiger partial charge in [0.15, 0.2) is 25.1 Å². The van der Waals surface area contributed by atoms with Crippen LogP contribution in [0, 0.1) is 23.7 Å². The van der Waals surface area contributed by atoms with E-state index in [-0.39, 0.29) is 22.3 Å². The van der Waals surface area contributed by atoms with Crippen LogP contribution in [0.15, 0.2) is 121 Å². The van der Waals surface area contributed by atoms with Crippen LogP contribution in [0.4, 0.5) is 11.4 Å². The summed E-state index contributed by atoms with van der Waals surface area (Å²) in [4.78, 5) is 50.2. The van der Waals surface area contributed by atoms with E-state index < -0.39 is 10.8 Å². The van der Waals surface area contributed by atoms with Crippen LogP contribution in [-0.4, -0.2) is 67.7 Å². The number of anilines is 2.